The number of nitrogens with zero attached hydrogens (tertiary/aromatic N) is 1. The van der Waals surface area contributed by atoms with Gasteiger partial charge in [-0.3, -0.25) is 9.19 Å². The highest BCUT2D eigenvalue weighted by Gasteiger charge is 1.97. The number of aromatic carboxylic acids is 1. The van der Waals surface area contributed by atoms with Crippen LogP contribution in [0.5, 0.6) is 0 Å². The number of rotatable bonds is 1. The van der Waals surface area contributed by atoms with E-state index in [9.17, 15) is 9.00 Å². The van der Waals surface area contributed by atoms with E-state index in [1.54, 1.807) is 18.6 Å². The predicted octanol–water partition coefficient (Wildman–Crippen LogP) is 0.775. The molecule has 1 heterocycles. The molecule has 0 atom stereocenters. The van der Waals surface area contributed by atoms with Gasteiger partial charge in [0.15, 0.2) is 0 Å². The van der Waals surface area contributed by atoms with Crippen LogP contribution in [-0.4, -0.2) is 32.8 Å². The fourth-order valence-electron chi connectivity index (χ4n) is 0.489. The van der Waals surface area contributed by atoms with Crippen molar-refractivity contribution in [1.82, 2.24) is 4.98 Å². The first-order valence-electron chi connectivity index (χ1n) is 3.42. The zero-order valence-corrected chi connectivity index (χ0v) is 8.25. The van der Waals surface area contributed by atoms with E-state index >= 15 is 0 Å². The summed E-state index contributed by atoms with van der Waals surface area (Å²) in [5, 5.41) is 8.34. The van der Waals surface area contributed by atoms with Gasteiger partial charge in [-0.1, -0.05) is 0 Å². The molecule has 72 valence electrons. The number of carbonyl (C=O) groups is 1. The Morgan fingerprint density at radius 2 is 2.08 bits per heavy atom. The van der Waals surface area contributed by atoms with Crippen molar-refractivity contribution in [2.45, 2.75) is 0 Å². The maximum absolute atomic E-state index is 10.2. The number of aromatic nitrogens is 1. The molecule has 0 unspecified atom stereocenters. The maximum Gasteiger partial charge on any atom is 0.337 e. The smallest absolute Gasteiger partial charge is 0.337 e. The zero-order chi connectivity index (χ0) is 10.3. The van der Waals surface area contributed by atoms with E-state index < -0.39 is 16.8 Å². The van der Waals surface area contributed by atoms with E-state index in [0.717, 1.165) is 0 Å². The maximum atomic E-state index is 10.2. The van der Waals surface area contributed by atoms with Crippen molar-refractivity contribution >= 4 is 16.8 Å². The second kappa shape index (κ2) is 6.30. The molecule has 0 spiro atoms. The van der Waals surface area contributed by atoms with Crippen LogP contribution in [0, 0.1) is 0 Å². The molecule has 0 aromatic carbocycles. The Kier molecular flexibility index (Phi) is 5.71. The molecule has 0 amide bonds. The first-order chi connectivity index (χ1) is 6.04. The van der Waals surface area contributed by atoms with Gasteiger partial charge in [0.2, 0.25) is 0 Å². The van der Waals surface area contributed by atoms with Gasteiger partial charge in [0.25, 0.3) is 0 Å². The summed E-state index contributed by atoms with van der Waals surface area (Å²) in [5.41, 5.74) is 0.220. The van der Waals surface area contributed by atoms with Gasteiger partial charge in [-0.25, -0.2) is 4.79 Å². The minimum atomic E-state index is -0.942. The standard InChI is InChI=1S/C6H5NO2.C2H6OS/c8-6(9)5-2-1-3-7-4-5;1-4(2)3/h1-4H,(H,8,9);1-2H3. The number of carboxylic acid groups (broad SMARTS) is 1. The lowest BCUT2D eigenvalue weighted by atomic mass is 10.3. The SMILES string of the molecule is CS(C)=O.O=C(O)c1cccnc1. The Labute approximate surface area is 79.1 Å². The third-order valence-electron chi connectivity index (χ3n) is 0.908. The van der Waals surface area contributed by atoms with Crippen LogP contribution in [0.3, 0.4) is 0 Å². The minimum Gasteiger partial charge on any atom is -0.478 e. The summed E-state index contributed by atoms with van der Waals surface area (Å²) < 4.78 is 9.56. The number of carboxylic acids is 1. The van der Waals surface area contributed by atoms with Crippen LogP contribution >= 0.6 is 0 Å². The molecule has 0 radical (unpaired) electrons. The van der Waals surface area contributed by atoms with E-state index in [1.807, 2.05) is 0 Å². The topological polar surface area (TPSA) is 67.3 Å². The molecular weight excluding hydrogens is 190 g/mol. The van der Waals surface area contributed by atoms with E-state index in [-0.39, 0.29) is 5.56 Å². The monoisotopic (exact) mass is 201 g/mol. The Hall–Kier alpha value is -1.23. The highest BCUT2D eigenvalue weighted by atomic mass is 32.2. The van der Waals surface area contributed by atoms with Gasteiger partial charge >= 0.3 is 5.97 Å². The average molecular weight is 201 g/mol. The van der Waals surface area contributed by atoms with Gasteiger partial charge in [0.05, 0.1) is 5.56 Å². The first-order valence-corrected chi connectivity index (χ1v) is 5.39. The van der Waals surface area contributed by atoms with Crippen LogP contribution < -0.4 is 0 Å². The lowest BCUT2D eigenvalue weighted by molar-refractivity contribution is 0.0696. The van der Waals surface area contributed by atoms with Crippen LogP contribution in [0.2, 0.25) is 0 Å². The van der Waals surface area contributed by atoms with Gasteiger partial charge in [0.1, 0.15) is 0 Å². The molecule has 0 fully saturated rings. The quantitative estimate of drug-likeness (QED) is 0.729. The Balaban J connectivity index is 0.000000310. The number of hydrogen-bond acceptors (Lipinski definition) is 3. The molecule has 0 saturated heterocycles. The van der Waals surface area contributed by atoms with Crippen LogP contribution in [0.15, 0.2) is 24.5 Å². The third-order valence-corrected chi connectivity index (χ3v) is 0.908. The highest BCUT2D eigenvalue weighted by molar-refractivity contribution is 7.83. The van der Waals surface area contributed by atoms with Gasteiger partial charge in [0, 0.05) is 35.7 Å². The molecule has 0 aliphatic carbocycles. The molecule has 0 bridgehead atoms. The molecule has 1 aromatic rings. The molecular formula is C8H11NO3S. The largest absolute Gasteiger partial charge is 0.478 e. The fourth-order valence-corrected chi connectivity index (χ4v) is 0.489. The van der Waals surface area contributed by atoms with Crippen molar-refractivity contribution in [3.63, 3.8) is 0 Å². The summed E-state index contributed by atoms with van der Waals surface area (Å²) in [5.74, 6) is -0.942. The summed E-state index contributed by atoms with van der Waals surface area (Å²) in [6.07, 6.45) is 6.12. The van der Waals surface area contributed by atoms with Crippen LogP contribution in [0.1, 0.15) is 10.4 Å². The molecule has 5 heteroatoms. The van der Waals surface area contributed by atoms with E-state index in [2.05, 4.69) is 4.98 Å². The summed E-state index contributed by atoms with van der Waals surface area (Å²) in [4.78, 5) is 13.8. The van der Waals surface area contributed by atoms with Crippen LogP contribution in [0.25, 0.3) is 0 Å². The third kappa shape index (κ3) is 7.14. The summed E-state index contributed by atoms with van der Waals surface area (Å²) in [6, 6.07) is 3.08. The average Bonchev–Trinajstić information content (AvgIpc) is 2.05. The van der Waals surface area contributed by atoms with Crippen molar-refractivity contribution < 1.29 is 14.1 Å². The van der Waals surface area contributed by atoms with Gasteiger partial charge in [-0.15, -0.1) is 0 Å². The summed E-state index contributed by atoms with van der Waals surface area (Å²) in [7, 11) is -0.611. The highest BCUT2D eigenvalue weighted by Crippen LogP contribution is 1.92. The van der Waals surface area contributed by atoms with Gasteiger partial charge in [-0.05, 0) is 12.1 Å². The van der Waals surface area contributed by atoms with Crippen molar-refractivity contribution in [2.24, 2.45) is 0 Å². The first kappa shape index (κ1) is 11.8. The normalized spacial score (nSPS) is 8.85. The zero-order valence-electron chi connectivity index (χ0n) is 7.43. The number of pyridine rings is 1. The molecule has 0 aliphatic rings. The molecule has 13 heavy (non-hydrogen) atoms. The molecule has 0 saturated carbocycles. The van der Waals surface area contributed by atoms with Crippen molar-refractivity contribution in [3.8, 4) is 0 Å². The molecule has 1 aromatic heterocycles. The van der Waals surface area contributed by atoms with Crippen molar-refractivity contribution in [3.05, 3.63) is 30.1 Å². The van der Waals surface area contributed by atoms with Crippen molar-refractivity contribution in [1.29, 1.82) is 0 Å². The van der Waals surface area contributed by atoms with E-state index in [1.165, 1.54) is 18.5 Å². The minimum absolute atomic E-state index is 0.220. The lowest BCUT2D eigenvalue weighted by Crippen LogP contribution is -1.94. The second-order valence-electron chi connectivity index (χ2n) is 2.29. The van der Waals surface area contributed by atoms with Crippen molar-refractivity contribution in [2.75, 3.05) is 12.5 Å². The molecule has 1 rings (SSSR count). The Bertz CT molecular complexity index is 283. The Morgan fingerprint density at radius 3 is 2.31 bits per heavy atom. The van der Waals surface area contributed by atoms with Crippen LogP contribution in [-0.2, 0) is 10.8 Å². The molecule has 4 nitrogen and oxygen atoms in total. The summed E-state index contributed by atoms with van der Waals surface area (Å²) in [6.45, 7) is 0. The predicted molar refractivity (Wildman–Crippen MR) is 51.2 cm³/mol. The second-order valence-corrected chi connectivity index (χ2v) is 3.77. The van der Waals surface area contributed by atoms with Gasteiger partial charge in [-0.2, -0.15) is 0 Å². The van der Waals surface area contributed by atoms with E-state index in [4.69, 9.17) is 5.11 Å². The lowest BCUT2D eigenvalue weighted by Gasteiger charge is -1.87. The molecule has 1 N–H and O–H groups in total. The molecule has 0 aliphatic heterocycles. The van der Waals surface area contributed by atoms with Crippen LogP contribution in [0.4, 0.5) is 0 Å². The summed E-state index contributed by atoms with van der Waals surface area (Å²) >= 11 is 0. The van der Waals surface area contributed by atoms with E-state index in [0.29, 0.717) is 0 Å². The number of hydrogen-bond donors (Lipinski definition) is 1. The van der Waals surface area contributed by atoms with Gasteiger partial charge < -0.3 is 5.11 Å². The Morgan fingerprint density at radius 1 is 1.54 bits per heavy atom. The fraction of sp³-hybridized carbons (Fsp3) is 0.250.